The Labute approximate surface area is 190 Å². The monoisotopic (exact) mass is 455 g/mol. The van der Waals surface area contributed by atoms with E-state index in [9.17, 15) is 4.79 Å². The van der Waals surface area contributed by atoms with Crippen molar-refractivity contribution >= 4 is 40.8 Å². The van der Waals surface area contributed by atoms with Gasteiger partial charge in [0.2, 0.25) is 11.7 Å². The highest BCUT2D eigenvalue weighted by molar-refractivity contribution is 7.99. The summed E-state index contributed by atoms with van der Waals surface area (Å²) in [6, 6.07) is 9.44. The first-order valence-corrected chi connectivity index (χ1v) is 11.0. The van der Waals surface area contributed by atoms with Crippen LogP contribution in [0.15, 0.2) is 40.4 Å². The molecular weight excluding hydrogens is 430 g/mol. The summed E-state index contributed by atoms with van der Waals surface area (Å²) in [5.41, 5.74) is 1.65. The molecule has 1 aliphatic heterocycles. The van der Waals surface area contributed by atoms with E-state index in [2.05, 4.69) is 25.7 Å². The molecule has 1 amide bonds. The maximum Gasteiger partial charge on any atom is 0.221 e. The number of aromatic amines is 1. The molecule has 1 aromatic carbocycles. The van der Waals surface area contributed by atoms with Gasteiger partial charge in [0.05, 0.1) is 20.3 Å². The average Bonchev–Trinajstić information content (AvgIpc) is 3.18. The Kier molecular flexibility index (Phi) is 6.76. The number of morpholine rings is 1. The molecule has 0 saturated carbocycles. The summed E-state index contributed by atoms with van der Waals surface area (Å²) in [5.74, 6) is 2.28. The number of rotatable bonds is 7. The zero-order valence-electron chi connectivity index (χ0n) is 18.1. The van der Waals surface area contributed by atoms with Crippen molar-refractivity contribution in [3.05, 3.63) is 36.0 Å². The largest absolute Gasteiger partial charge is 0.490 e. The van der Waals surface area contributed by atoms with Crippen LogP contribution in [0.25, 0.3) is 0 Å². The van der Waals surface area contributed by atoms with E-state index in [1.807, 2.05) is 37.3 Å². The Morgan fingerprint density at radius 3 is 2.75 bits per heavy atom. The molecule has 2 aromatic heterocycles. The number of ether oxygens (including phenoxy) is 2. The Bertz CT molecular complexity index is 1100. The fourth-order valence-electron chi connectivity index (χ4n) is 3.28. The fourth-order valence-corrected chi connectivity index (χ4v) is 4.09. The van der Waals surface area contributed by atoms with Crippen molar-refractivity contribution in [1.29, 1.82) is 0 Å². The lowest BCUT2D eigenvalue weighted by Crippen LogP contribution is -2.37. The van der Waals surface area contributed by atoms with Crippen LogP contribution in [0.4, 0.5) is 23.1 Å². The van der Waals surface area contributed by atoms with Gasteiger partial charge in [-0.3, -0.25) is 9.89 Å². The summed E-state index contributed by atoms with van der Waals surface area (Å²) >= 11 is 1.40. The van der Waals surface area contributed by atoms with Crippen LogP contribution in [0.1, 0.15) is 12.6 Å². The molecule has 1 saturated heterocycles. The zero-order chi connectivity index (χ0) is 22.5. The standard InChI is InChI=1S/C21H25N7O3S/c1-13-11-17(27-26-13)23-19-18(30-3)20(28-7-9-31-10-8-28)25-21(24-19)32-16-6-4-5-15(12-16)22-14(2)29/h4-6,11-12H,7-10H2,1-3H3,(H,22,29)(H2,23,24,25,26,27). The Morgan fingerprint density at radius 2 is 2.06 bits per heavy atom. The van der Waals surface area contributed by atoms with Crippen LogP contribution in [0.5, 0.6) is 5.75 Å². The molecule has 1 fully saturated rings. The molecule has 32 heavy (non-hydrogen) atoms. The van der Waals surface area contributed by atoms with Gasteiger partial charge in [-0.05, 0) is 36.9 Å². The van der Waals surface area contributed by atoms with Gasteiger partial charge in [0.1, 0.15) is 0 Å². The van der Waals surface area contributed by atoms with Crippen molar-refractivity contribution < 1.29 is 14.3 Å². The molecule has 168 valence electrons. The van der Waals surface area contributed by atoms with Crippen LogP contribution in [0.2, 0.25) is 0 Å². The van der Waals surface area contributed by atoms with Gasteiger partial charge in [-0.1, -0.05) is 6.07 Å². The van der Waals surface area contributed by atoms with Gasteiger partial charge in [-0.2, -0.15) is 5.10 Å². The highest BCUT2D eigenvalue weighted by Gasteiger charge is 2.23. The van der Waals surface area contributed by atoms with E-state index in [1.165, 1.54) is 18.7 Å². The second-order valence-electron chi connectivity index (χ2n) is 7.18. The molecule has 10 nitrogen and oxygen atoms in total. The van der Waals surface area contributed by atoms with Crippen molar-refractivity contribution in [3.63, 3.8) is 0 Å². The summed E-state index contributed by atoms with van der Waals surface area (Å²) < 4.78 is 11.2. The number of aryl methyl sites for hydroxylation is 1. The van der Waals surface area contributed by atoms with Gasteiger partial charge in [0, 0.05) is 42.4 Å². The van der Waals surface area contributed by atoms with Gasteiger partial charge in [-0.15, -0.1) is 0 Å². The molecule has 0 aliphatic carbocycles. The summed E-state index contributed by atoms with van der Waals surface area (Å²) in [5, 5.41) is 13.7. The van der Waals surface area contributed by atoms with Gasteiger partial charge < -0.3 is 25.0 Å². The molecule has 0 spiro atoms. The summed E-state index contributed by atoms with van der Waals surface area (Å²) in [7, 11) is 1.60. The number of benzene rings is 1. The third-order valence-electron chi connectivity index (χ3n) is 4.66. The van der Waals surface area contributed by atoms with E-state index in [1.54, 1.807) is 7.11 Å². The number of methoxy groups -OCH3 is 1. The van der Waals surface area contributed by atoms with Crippen LogP contribution in [-0.4, -0.2) is 59.5 Å². The number of aromatic nitrogens is 4. The number of H-pyrrole nitrogens is 1. The predicted molar refractivity (Wildman–Crippen MR) is 123 cm³/mol. The number of nitrogens with one attached hydrogen (secondary N) is 3. The topological polar surface area (TPSA) is 117 Å². The number of carbonyl (C=O) groups is 1. The first kappa shape index (κ1) is 21.9. The lowest BCUT2D eigenvalue weighted by atomic mass is 10.3. The van der Waals surface area contributed by atoms with Crippen LogP contribution in [0.3, 0.4) is 0 Å². The lowest BCUT2D eigenvalue weighted by molar-refractivity contribution is -0.114. The Hall–Kier alpha value is -3.31. The maximum atomic E-state index is 11.4. The van der Waals surface area contributed by atoms with E-state index in [0.29, 0.717) is 54.7 Å². The first-order valence-electron chi connectivity index (χ1n) is 10.1. The smallest absolute Gasteiger partial charge is 0.221 e. The minimum absolute atomic E-state index is 0.122. The average molecular weight is 456 g/mol. The van der Waals surface area contributed by atoms with Crippen molar-refractivity contribution in [3.8, 4) is 5.75 Å². The van der Waals surface area contributed by atoms with Crippen LogP contribution in [-0.2, 0) is 9.53 Å². The molecule has 0 radical (unpaired) electrons. The normalized spacial score (nSPS) is 13.7. The molecule has 1 aliphatic rings. The minimum atomic E-state index is -0.122. The molecule has 3 heterocycles. The number of hydrogen-bond donors (Lipinski definition) is 3. The maximum absolute atomic E-state index is 11.4. The highest BCUT2D eigenvalue weighted by atomic mass is 32.2. The quantitative estimate of drug-likeness (QED) is 0.462. The SMILES string of the molecule is COc1c(Nc2cc(C)[nH]n2)nc(Sc2cccc(NC(C)=O)c2)nc1N1CCOCC1. The second-order valence-corrected chi connectivity index (χ2v) is 8.22. The summed E-state index contributed by atoms with van der Waals surface area (Å²) in [6.45, 7) is 6.06. The van der Waals surface area contributed by atoms with E-state index in [-0.39, 0.29) is 5.91 Å². The number of hydrogen-bond acceptors (Lipinski definition) is 9. The van der Waals surface area contributed by atoms with Gasteiger partial charge in [0.25, 0.3) is 0 Å². The first-order chi connectivity index (χ1) is 15.5. The van der Waals surface area contributed by atoms with E-state index in [4.69, 9.17) is 19.4 Å². The van der Waals surface area contributed by atoms with Crippen molar-refractivity contribution in [1.82, 2.24) is 20.2 Å². The fraction of sp³-hybridized carbons (Fsp3) is 0.333. The molecule has 0 atom stereocenters. The predicted octanol–water partition coefficient (Wildman–Crippen LogP) is 3.21. The minimum Gasteiger partial charge on any atom is -0.490 e. The zero-order valence-corrected chi connectivity index (χ0v) is 19.0. The molecule has 3 N–H and O–H groups in total. The number of amides is 1. The lowest BCUT2D eigenvalue weighted by Gasteiger charge is -2.29. The van der Waals surface area contributed by atoms with Crippen molar-refractivity contribution in [2.45, 2.75) is 23.9 Å². The third kappa shape index (κ3) is 5.29. The molecule has 0 bridgehead atoms. The van der Waals surface area contributed by atoms with Crippen molar-refractivity contribution in [2.75, 3.05) is 48.9 Å². The van der Waals surface area contributed by atoms with E-state index < -0.39 is 0 Å². The van der Waals surface area contributed by atoms with Crippen LogP contribution in [0, 0.1) is 6.92 Å². The number of anilines is 4. The molecular formula is C21H25N7O3S. The Balaban J connectivity index is 1.70. The molecule has 3 aromatic rings. The molecule has 0 unspecified atom stereocenters. The second kappa shape index (κ2) is 9.88. The van der Waals surface area contributed by atoms with E-state index in [0.717, 1.165) is 16.3 Å². The number of nitrogens with zero attached hydrogens (tertiary/aromatic N) is 4. The molecule has 11 heteroatoms. The van der Waals surface area contributed by atoms with Crippen LogP contribution >= 0.6 is 11.8 Å². The summed E-state index contributed by atoms with van der Waals surface area (Å²) in [4.78, 5) is 23.9. The number of carbonyl (C=O) groups excluding carboxylic acids is 1. The highest BCUT2D eigenvalue weighted by Crippen LogP contribution is 2.38. The van der Waals surface area contributed by atoms with Crippen molar-refractivity contribution in [2.24, 2.45) is 0 Å². The summed E-state index contributed by atoms with van der Waals surface area (Å²) in [6.07, 6.45) is 0. The Morgan fingerprint density at radius 1 is 1.25 bits per heavy atom. The third-order valence-corrected chi connectivity index (χ3v) is 5.51. The van der Waals surface area contributed by atoms with Gasteiger partial charge >= 0.3 is 0 Å². The molecule has 4 rings (SSSR count). The van der Waals surface area contributed by atoms with Crippen LogP contribution < -0.4 is 20.3 Å². The van der Waals surface area contributed by atoms with Gasteiger partial charge in [0.15, 0.2) is 22.6 Å². The van der Waals surface area contributed by atoms with E-state index >= 15 is 0 Å². The van der Waals surface area contributed by atoms with Gasteiger partial charge in [-0.25, -0.2) is 9.97 Å².